The second-order valence-corrected chi connectivity index (χ2v) is 14.8. The van der Waals surface area contributed by atoms with Crippen molar-refractivity contribution in [3.05, 3.63) is 11.6 Å². The monoisotopic (exact) mass is 520 g/mol. The number of aliphatic hydroxyl groups excluding tert-OH is 3. The predicted octanol–water partition coefficient (Wildman–Crippen LogP) is 2.94. The van der Waals surface area contributed by atoms with E-state index in [2.05, 4.69) is 13.0 Å². The molecule has 3 fully saturated rings. The summed E-state index contributed by atoms with van der Waals surface area (Å²) in [4.78, 5) is 27.5. The highest BCUT2D eigenvalue weighted by atomic mass is 16.3. The van der Waals surface area contributed by atoms with Gasteiger partial charge < -0.3 is 25.5 Å². The molecule has 0 bridgehead atoms. The van der Waals surface area contributed by atoms with Crippen LogP contribution in [-0.4, -0.2) is 66.6 Å². The highest BCUT2D eigenvalue weighted by Gasteiger charge is 2.74. The lowest BCUT2D eigenvalue weighted by atomic mass is 9.38. The summed E-state index contributed by atoms with van der Waals surface area (Å²) >= 11 is 0. The van der Waals surface area contributed by atoms with Gasteiger partial charge in [-0.05, 0) is 69.1 Å². The third kappa shape index (κ3) is 3.86. The lowest BCUT2D eigenvalue weighted by molar-refractivity contribution is -0.188. The number of allylic oxidation sites excluding steroid dienone is 1. The Morgan fingerprint density at radius 3 is 2.16 bits per heavy atom. The maximum absolute atomic E-state index is 14.2. The highest BCUT2D eigenvalue weighted by molar-refractivity contribution is 5.90. The molecular weight excluding hydrogens is 472 g/mol. The van der Waals surface area contributed by atoms with Crippen LogP contribution >= 0.6 is 0 Å². The lowest BCUT2D eigenvalue weighted by Crippen LogP contribution is -2.65. The van der Waals surface area contributed by atoms with Crippen LogP contribution in [0.25, 0.3) is 0 Å². The Labute approximate surface area is 221 Å². The molecule has 4 aliphatic rings. The molecule has 210 valence electrons. The van der Waals surface area contributed by atoms with E-state index in [4.69, 9.17) is 0 Å². The average Bonchev–Trinajstić information content (AvgIpc) is 2.96. The maximum atomic E-state index is 14.2. The van der Waals surface area contributed by atoms with Gasteiger partial charge in [0.1, 0.15) is 11.4 Å². The van der Waals surface area contributed by atoms with Gasteiger partial charge in [0, 0.05) is 29.6 Å². The zero-order chi connectivity index (χ0) is 28.1. The first-order chi connectivity index (χ1) is 16.7. The molecular formula is C30H48O7. The SMILES string of the molecule is CC(C)(O)CCC(=O)[C@](C)(O)[C@@H]1[C@H](O)C[C@@]2(C)[C@H]3CC=C4[C@@H](C[C@H](O)[C@@H](O)C4(C)C)[C@]3(C)C(=O)C[C@]12C. The molecule has 10 atom stereocenters. The quantitative estimate of drug-likeness (QED) is 0.352. The van der Waals surface area contributed by atoms with E-state index in [1.165, 1.54) is 6.92 Å². The van der Waals surface area contributed by atoms with E-state index in [1.54, 1.807) is 13.8 Å². The minimum Gasteiger partial charge on any atom is -0.393 e. The van der Waals surface area contributed by atoms with E-state index in [0.717, 1.165) is 5.57 Å². The Morgan fingerprint density at radius 2 is 1.59 bits per heavy atom. The fourth-order valence-corrected chi connectivity index (χ4v) is 9.40. The molecule has 0 aromatic carbocycles. The Balaban J connectivity index is 1.76. The summed E-state index contributed by atoms with van der Waals surface area (Å²) in [6.45, 7) is 14.6. The summed E-state index contributed by atoms with van der Waals surface area (Å²) in [5.74, 6) is -1.60. The summed E-state index contributed by atoms with van der Waals surface area (Å²) < 4.78 is 0. The van der Waals surface area contributed by atoms with E-state index < -0.39 is 62.9 Å². The lowest BCUT2D eigenvalue weighted by Gasteiger charge is -2.65. The molecule has 0 saturated heterocycles. The minimum atomic E-state index is -1.85. The molecule has 3 saturated carbocycles. The normalized spacial score (nSPS) is 46.8. The summed E-state index contributed by atoms with van der Waals surface area (Å²) in [5.41, 5.74) is -4.71. The van der Waals surface area contributed by atoms with Crippen molar-refractivity contribution in [3.63, 3.8) is 0 Å². The molecule has 5 N–H and O–H groups in total. The van der Waals surface area contributed by atoms with Crippen LogP contribution < -0.4 is 0 Å². The number of hydrogen-bond donors (Lipinski definition) is 5. The largest absolute Gasteiger partial charge is 0.393 e. The second-order valence-electron chi connectivity index (χ2n) is 14.8. The van der Waals surface area contributed by atoms with Crippen LogP contribution in [0.4, 0.5) is 0 Å². The van der Waals surface area contributed by atoms with Gasteiger partial charge in [0.2, 0.25) is 0 Å². The van der Waals surface area contributed by atoms with Gasteiger partial charge in [-0.25, -0.2) is 0 Å². The summed E-state index contributed by atoms with van der Waals surface area (Å²) in [6.07, 6.45) is 0.895. The first-order valence-electron chi connectivity index (χ1n) is 13.9. The number of fused-ring (bicyclic) bond motifs is 5. The Bertz CT molecular complexity index is 1010. The number of carbonyl (C=O) groups is 2. The van der Waals surface area contributed by atoms with Gasteiger partial charge in [-0.2, -0.15) is 0 Å². The Hall–Kier alpha value is -1.12. The fourth-order valence-electron chi connectivity index (χ4n) is 9.40. The number of carbonyl (C=O) groups excluding carboxylic acids is 2. The molecule has 4 rings (SSSR count). The first-order valence-corrected chi connectivity index (χ1v) is 13.9. The molecule has 4 aliphatic carbocycles. The Morgan fingerprint density at radius 1 is 1.00 bits per heavy atom. The topological polar surface area (TPSA) is 135 Å². The molecule has 0 spiro atoms. The van der Waals surface area contributed by atoms with Gasteiger partial charge in [-0.3, -0.25) is 9.59 Å². The van der Waals surface area contributed by atoms with Crippen LogP contribution in [0.15, 0.2) is 11.6 Å². The molecule has 37 heavy (non-hydrogen) atoms. The van der Waals surface area contributed by atoms with Crippen LogP contribution in [0.5, 0.6) is 0 Å². The molecule has 0 aromatic heterocycles. The van der Waals surface area contributed by atoms with Crippen molar-refractivity contribution in [2.45, 2.75) is 123 Å². The number of hydrogen-bond acceptors (Lipinski definition) is 7. The van der Waals surface area contributed by atoms with Crippen molar-refractivity contribution in [3.8, 4) is 0 Å². The fraction of sp³-hybridized carbons (Fsp3) is 0.867. The summed E-state index contributed by atoms with van der Waals surface area (Å²) in [6, 6.07) is 0. The summed E-state index contributed by atoms with van der Waals surface area (Å²) in [5, 5.41) is 54.8. The van der Waals surface area contributed by atoms with Crippen LogP contribution in [0.2, 0.25) is 0 Å². The maximum Gasteiger partial charge on any atom is 0.164 e. The smallest absolute Gasteiger partial charge is 0.164 e. The standard InChI is InChI=1S/C30H48O7/c1-25(2,36)12-11-21(33)30(8,37)23-19(32)14-27(5)20-10-9-16-17(13-18(31)24(35)26(16,3)4)29(20,7)22(34)15-28(23,27)6/h9,17-20,23-24,31-32,35-37H,10-15H2,1-8H3/t17-,18+,19-,20-,23-,24-,27+,28-,29+,30+/m1/s1. The number of ketones is 2. The van der Waals surface area contributed by atoms with E-state index in [-0.39, 0.29) is 36.9 Å². The molecule has 7 heteroatoms. The van der Waals surface area contributed by atoms with Crippen molar-refractivity contribution in [1.82, 2.24) is 0 Å². The molecule has 0 aromatic rings. The van der Waals surface area contributed by atoms with Crippen molar-refractivity contribution in [2.24, 2.45) is 39.4 Å². The predicted molar refractivity (Wildman–Crippen MR) is 139 cm³/mol. The van der Waals surface area contributed by atoms with Gasteiger partial charge in [-0.1, -0.05) is 46.3 Å². The number of aliphatic hydroxyl groups is 5. The highest BCUT2D eigenvalue weighted by Crippen LogP contribution is 2.74. The van der Waals surface area contributed by atoms with Crippen molar-refractivity contribution in [2.75, 3.05) is 0 Å². The van der Waals surface area contributed by atoms with E-state index in [9.17, 15) is 35.1 Å². The summed E-state index contributed by atoms with van der Waals surface area (Å²) in [7, 11) is 0. The van der Waals surface area contributed by atoms with E-state index in [1.807, 2.05) is 27.7 Å². The minimum absolute atomic E-state index is 0.0227. The van der Waals surface area contributed by atoms with Crippen molar-refractivity contribution in [1.29, 1.82) is 0 Å². The van der Waals surface area contributed by atoms with E-state index in [0.29, 0.717) is 19.3 Å². The third-order valence-electron chi connectivity index (χ3n) is 11.8. The van der Waals surface area contributed by atoms with E-state index >= 15 is 0 Å². The molecule has 7 nitrogen and oxygen atoms in total. The van der Waals surface area contributed by atoms with Crippen LogP contribution in [0.1, 0.15) is 93.9 Å². The molecule has 0 amide bonds. The molecule has 0 radical (unpaired) electrons. The number of Topliss-reactive ketones (excluding diaryl/α,β-unsaturated/α-hetero) is 2. The van der Waals surface area contributed by atoms with Gasteiger partial charge in [-0.15, -0.1) is 0 Å². The van der Waals surface area contributed by atoms with Crippen LogP contribution in [-0.2, 0) is 9.59 Å². The number of rotatable bonds is 5. The Kier molecular flexibility index (Phi) is 6.59. The molecule has 0 aliphatic heterocycles. The zero-order valence-electron chi connectivity index (χ0n) is 23.8. The van der Waals surface area contributed by atoms with Gasteiger partial charge >= 0.3 is 0 Å². The average molecular weight is 521 g/mol. The zero-order valence-corrected chi connectivity index (χ0v) is 23.8. The first kappa shape index (κ1) is 28.9. The van der Waals surface area contributed by atoms with Gasteiger partial charge in [0.15, 0.2) is 5.78 Å². The van der Waals surface area contributed by atoms with Gasteiger partial charge in [0.05, 0.1) is 23.9 Å². The molecule has 0 unspecified atom stereocenters. The van der Waals surface area contributed by atoms with Crippen molar-refractivity contribution >= 4 is 11.6 Å². The van der Waals surface area contributed by atoms with Gasteiger partial charge in [0.25, 0.3) is 0 Å². The molecule has 0 heterocycles. The van der Waals surface area contributed by atoms with Crippen LogP contribution in [0, 0.1) is 39.4 Å². The van der Waals surface area contributed by atoms with Crippen molar-refractivity contribution < 1.29 is 35.1 Å². The third-order valence-corrected chi connectivity index (χ3v) is 11.8. The second kappa shape index (κ2) is 8.44. The van der Waals surface area contributed by atoms with Crippen LogP contribution in [0.3, 0.4) is 0 Å².